The lowest BCUT2D eigenvalue weighted by atomic mass is 10.1. The Hall–Kier alpha value is -2.89. The molecule has 3 rings (SSSR count). The smallest absolute Gasteiger partial charge is 0.335 e. The van der Waals surface area contributed by atoms with Gasteiger partial charge in [-0.25, -0.2) is 4.79 Å². The van der Waals surface area contributed by atoms with Crippen LogP contribution in [0.5, 0.6) is 11.5 Å². The average Bonchev–Trinajstić information content (AvgIpc) is 2.74. The van der Waals surface area contributed by atoms with Crippen molar-refractivity contribution >= 4 is 34.9 Å². The van der Waals surface area contributed by atoms with E-state index in [4.69, 9.17) is 37.8 Å². The number of halogens is 2. The number of aromatic carboxylic acids is 1. The van der Waals surface area contributed by atoms with Gasteiger partial charge < -0.3 is 19.9 Å². The third-order valence-corrected chi connectivity index (χ3v) is 5.27. The molecule has 0 spiro atoms. The van der Waals surface area contributed by atoms with Gasteiger partial charge >= 0.3 is 5.97 Å². The Balaban J connectivity index is 1.74. The standard InChI is InChI=1S/C24H23Cl2NO4/c1-3-30-22-11-18(13-27-21-9-6-17(24(28)29)10-15(21)2)20(26)12-23(22)31-14-16-4-7-19(25)8-5-16/h4-12,27H,3,13-14H2,1-2H3,(H,28,29). The molecule has 0 aliphatic rings. The first-order valence-electron chi connectivity index (χ1n) is 9.77. The van der Waals surface area contributed by atoms with E-state index in [9.17, 15) is 4.79 Å². The van der Waals surface area contributed by atoms with Gasteiger partial charge in [0, 0.05) is 28.3 Å². The molecule has 3 aromatic carbocycles. The number of ether oxygens (including phenoxy) is 2. The Morgan fingerprint density at radius 1 is 1.00 bits per heavy atom. The maximum atomic E-state index is 11.1. The first-order chi connectivity index (χ1) is 14.9. The van der Waals surface area contributed by atoms with Crippen LogP contribution in [-0.4, -0.2) is 17.7 Å². The fraction of sp³-hybridized carbons (Fsp3) is 0.208. The van der Waals surface area contributed by atoms with Gasteiger partial charge in [-0.15, -0.1) is 0 Å². The lowest BCUT2D eigenvalue weighted by Crippen LogP contribution is -2.05. The first-order valence-corrected chi connectivity index (χ1v) is 10.5. The molecule has 0 unspecified atom stereocenters. The normalized spacial score (nSPS) is 10.6. The summed E-state index contributed by atoms with van der Waals surface area (Å²) in [4.78, 5) is 11.1. The lowest BCUT2D eigenvalue weighted by Gasteiger charge is -2.16. The molecule has 3 aromatic rings. The molecule has 7 heteroatoms. The summed E-state index contributed by atoms with van der Waals surface area (Å²) in [6.07, 6.45) is 0. The van der Waals surface area contributed by atoms with Crippen molar-refractivity contribution in [2.45, 2.75) is 27.0 Å². The van der Waals surface area contributed by atoms with Gasteiger partial charge in [0.15, 0.2) is 11.5 Å². The summed E-state index contributed by atoms with van der Waals surface area (Å²) < 4.78 is 11.7. The predicted octanol–water partition coefficient (Wildman–Crippen LogP) is 6.59. The molecule has 0 saturated carbocycles. The second-order valence-corrected chi connectivity index (χ2v) is 7.77. The molecule has 162 valence electrons. The van der Waals surface area contributed by atoms with Gasteiger partial charge in [-0.2, -0.15) is 0 Å². The number of carbonyl (C=O) groups is 1. The minimum atomic E-state index is -0.951. The van der Waals surface area contributed by atoms with E-state index in [0.717, 1.165) is 22.4 Å². The highest BCUT2D eigenvalue weighted by Gasteiger charge is 2.13. The van der Waals surface area contributed by atoms with E-state index in [1.54, 1.807) is 24.3 Å². The Bertz CT molecular complexity index is 1070. The number of hydrogen-bond acceptors (Lipinski definition) is 4. The summed E-state index contributed by atoms with van der Waals surface area (Å²) in [7, 11) is 0. The molecule has 0 amide bonds. The van der Waals surface area contributed by atoms with E-state index in [0.29, 0.717) is 41.3 Å². The minimum absolute atomic E-state index is 0.252. The quantitative estimate of drug-likeness (QED) is 0.377. The highest BCUT2D eigenvalue weighted by atomic mass is 35.5. The van der Waals surface area contributed by atoms with Crippen molar-refractivity contribution in [1.29, 1.82) is 0 Å². The maximum absolute atomic E-state index is 11.1. The molecular weight excluding hydrogens is 437 g/mol. The van der Waals surface area contributed by atoms with Crippen molar-refractivity contribution in [3.8, 4) is 11.5 Å². The molecule has 0 aromatic heterocycles. The van der Waals surface area contributed by atoms with Crippen molar-refractivity contribution in [2.24, 2.45) is 0 Å². The topological polar surface area (TPSA) is 67.8 Å². The lowest BCUT2D eigenvalue weighted by molar-refractivity contribution is 0.0697. The van der Waals surface area contributed by atoms with E-state index in [2.05, 4.69) is 5.32 Å². The van der Waals surface area contributed by atoms with Gasteiger partial charge in [-0.05, 0) is 66.9 Å². The average molecular weight is 460 g/mol. The molecule has 0 saturated heterocycles. The second kappa shape index (κ2) is 10.4. The van der Waals surface area contributed by atoms with Gasteiger partial charge in [-0.3, -0.25) is 0 Å². The number of aryl methyl sites for hydroxylation is 1. The largest absolute Gasteiger partial charge is 0.490 e. The molecular formula is C24H23Cl2NO4. The Kier molecular flexibility index (Phi) is 7.66. The van der Waals surface area contributed by atoms with Crippen LogP contribution in [0.2, 0.25) is 10.0 Å². The van der Waals surface area contributed by atoms with Crippen molar-refractivity contribution in [3.63, 3.8) is 0 Å². The van der Waals surface area contributed by atoms with Gasteiger partial charge in [0.05, 0.1) is 12.2 Å². The number of nitrogens with one attached hydrogen (secondary N) is 1. The van der Waals surface area contributed by atoms with Crippen LogP contribution in [0.1, 0.15) is 34.0 Å². The second-order valence-electron chi connectivity index (χ2n) is 6.93. The van der Waals surface area contributed by atoms with Gasteiger partial charge in [0.2, 0.25) is 0 Å². The van der Waals surface area contributed by atoms with Gasteiger partial charge in [0.1, 0.15) is 6.61 Å². The monoisotopic (exact) mass is 459 g/mol. The van der Waals surface area contributed by atoms with Crippen LogP contribution in [0.3, 0.4) is 0 Å². The van der Waals surface area contributed by atoms with Crippen LogP contribution in [0, 0.1) is 6.92 Å². The zero-order valence-corrected chi connectivity index (χ0v) is 18.8. The number of carboxylic acid groups (broad SMARTS) is 1. The van der Waals surface area contributed by atoms with E-state index >= 15 is 0 Å². The van der Waals surface area contributed by atoms with Gasteiger partial charge in [-0.1, -0.05) is 35.3 Å². The Morgan fingerprint density at radius 3 is 2.35 bits per heavy atom. The van der Waals surface area contributed by atoms with Crippen molar-refractivity contribution in [1.82, 2.24) is 0 Å². The van der Waals surface area contributed by atoms with Crippen LogP contribution in [0.25, 0.3) is 0 Å². The summed E-state index contributed by atoms with van der Waals surface area (Å²) in [6, 6.07) is 16.0. The van der Waals surface area contributed by atoms with E-state index in [1.165, 1.54) is 0 Å². The third-order valence-electron chi connectivity index (χ3n) is 4.66. The third kappa shape index (κ3) is 6.06. The fourth-order valence-corrected chi connectivity index (χ4v) is 3.37. The first kappa shape index (κ1) is 22.8. The molecule has 5 nitrogen and oxygen atoms in total. The summed E-state index contributed by atoms with van der Waals surface area (Å²) in [5.74, 6) is 0.219. The van der Waals surface area contributed by atoms with Crippen molar-refractivity contribution < 1.29 is 19.4 Å². The SMILES string of the molecule is CCOc1cc(CNc2ccc(C(=O)O)cc2C)c(Cl)cc1OCc1ccc(Cl)cc1. The molecule has 0 atom stereocenters. The minimum Gasteiger partial charge on any atom is -0.490 e. The maximum Gasteiger partial charge on any atom is 0.335 e. The molecule has 0 aliphatic carbocycles. The Morgan fingerprint density at radius 2 is 1.71 bits per heavy atom. The summed E-state index contributed by atoms with van der Waals surface area (Å²) >= 11 is 12.4. The molecule has 2 N–H and O–H groups in total. The molecule has 0 bridgehead atoms. The van der Waals surface area contributed by atoms with Crippen LogP contribution in [0.15, 0.2) is 54.6 Å². The van der Waals surface area contributed by atoms with E-state index in [-0.39, 0.29) is 5.56 Å². The summed E-state index contributed by atoms with van der Waals surface area (Å²) in [5, 5.41) is 13.6. The number of anilines is 1. The van der Waals surface area contributed by atoms with Crippen LogP contribution in [0.4, 0.5) is 5.69 Å². The van der Waals surface area contributed by atoms with Crippen LogP contribution >= 0.6 is 23.2 Å². The Labute approximate surface area is 191 Å². The zero-order chi connectivity index (χ0) is 22.4. The number of carboxylic acids is 1. The fourth-order valence-electron chi connectivity index (χ4n) is 3.02. The van der Waals surface area contributed by atoms with Crippen LogP contribution in [-0.2, 0) is 13.2 Å². The summed E-state index contributed by atoms with van der Waals surface area (Å²) in [6.45, 7) is 5.06. The summed E-state index contributed by atoms with van der Waals surface area (Å²) in [5.41, 5.74) is 3.74. The molecule has 0 fully saturated rings. The van der Waals surface area contributed by atoms with E-state index < -0.39 is 5.97 Å². The molecule has 31 heavy (non-hydrogen) atoms. The molecule has 0 heterocycles. The van der Waals surface area contributed by atoms with Crippen molar-refractivity contribution in [2.75, 3.05) is 11.9 Å². The van der Waals surface area contributed by atoms with Crippen LogP contribution < -0.4 is 14.8 Å². The number of hydrogen-bond donors (Lipinski definition) is 2. The highest BCUT2D eigenvalue weighted by molar-refractivity contribution is 6.31. The van der Waals surface area contributed by atoms with Crippen molar-refractivity contribution in [3.05, 3.63) is 86.9 Å². The molecule has 0 aliphatic heterocycles. The number of benzene rings is 3. The number of rotatable bonds is 9. The zero-order valence-electron chi connectivity index (χ0n) is 17.2. The highest BCUT2D eigenvalue weighted by Crippen LogP contribution is 2.35. The molecule has 0 radical (unpaired) electrons. The van der Waals surface area contributed by atoms with Gasteiger partial charge in [0.25, 0.3) is 0 Å². The predicted molar refractivity (Wildman–Crippen MR) is 124 cm³/mol. The van der Waals surface area contributed by atoms with E-state index in [1.807, 2.05) is 44.2 Å².